The first-order valence-corrected chi connectivity index (χ1v) is 5.05. The summed E-state index contributed by atoms with van der Waals surface area (Å²) >= 11 is 5.62. The van der Waals surface area contributed by atoms with Gasteiger partial charge in [-0.1, -0.05) is 6.92 Å². The average molecular weight is 178 g/mol. The third-order valence-electron chi connectivity index (χ3n) is 1.82. The van der Waals surface area contributed by atoms with Crippen LogP contribution in [-0.2, 0) is 0 Å². The molecule has 0 aliphatic heterocycles. The van der Waals surface area contributed by atoms with Gasteiger partial charge in [-0.15, -0.1) is 11.6 Å². The van der Waals surface area contributed by atoms with Crippen LogP contribution in [0.4, 0.5) is 0 Å². The highest BCUT2D eigenvalue weighted by atomic mass is 35.5. The number of alkyl halides is 1. The van der Waals surface area contributed by atoms with E-state index in [0.717, 1.165) is 18.8 Å². The number of halogens is 1. The van der Waals surface area contributed by atoms with E-state index in [1.165, 1.54) is 13.0 Å². The highest BCUT2D eigenvalue weighted by molar-refractivity contribution is 6.17. The molecule has 0 saturated heterocycles. The Bertz CT molecular complexity index is 83.6. The third kappa shape index (κ3) is 5.51. The van der Waals surface area contributed by atoms with Crippen molar-refractivity contribution < 1.29 is 0 Å². The predicted octanol–water partition coefficient (Wildman–Crippen LogP) is 2.74. The van der Waals surface area contributed by atoms with Crippen molar-refractivity contribution in [1.82, 2.24) is 4.90 Å². The summed E-state index contributed by atoms with van der Waals surface area (Å²) in [6, 6.07) is 0.665. The molecule has 68 valence electrons. The Balaban J connectivity index is 3.51. The Labute approximate surface area is 75.7 Å². The Morgan fingerprint density at radius 1 is 1.27 bits per heavy atom. The van der Waals surface area contributed by atoms with Crippen LogP contribution < -0.4 is 0 Å². The van der Waals surface area contributed by atoms with Crippen molar-refractivity contribution in [2.24, 2.45) is 0 Å². The lowest BCUT2D eigenvalue weighted by atomic mass is 10.2. The van der Waals surface area contributed by atoms with E-state index in [1.807, 2.05) is 0 Å². The van der Waals surface area contributed by atoms with Crippen molar-refractivity contribution in [3.63, 3.8) is 0 Å². The van der Waals surface area contributed by atoms with Crippen LogP contribution in [0.2, 0.25) is 0 Å². The van der Waals surface area contributed by atoms with E-state index in [0.29, 0.717) is 6.04 Å². The molecule has 1 nitrogen and oxygen atoms in total. The largest absolute Gasteiger partial charge is 0.301 e. The summed E-state index contributed by atoms with van der Waals surface area (Å²) < 4.78 is 0. The molecule has 0 unspecified atom stereocenters. The van der Waals surface area contributed by atoms with Gasteiger partial charge in [0.2, 0.25) is 0 Å². The quantitative estimate of drug-likeness (QED) is 0.564. The molecule has 0 radical (unpaired) electrons. The minimum absolute atomic E-state index is 0.665. The van der Waals surface area contributed by atoms with Gasteiger partial charge in [-0.3, -0.25) is 0 Å². The van der Waals surface area contributed by atoms with Crippen molar-refractivity contribution in [1.29, 1.82) is 0 Å². The number of hydrogen-bond acceptors (Lipinski definition) is 1. The lowest BCUT2D eigenvalue weighted by molar-refractivity contribution is 0.223. The van der Waals surface area contributed by atoms with Gasteiger partial charge in [0.05, 0.1) is 0 Å². The maximum absolute atomic E-state index is 5.62. The lowest BCUT2D eigenvalue weighted by Crippen LogP contribution is -2.32. The van der Waals surface area contributed by atoms with E-state index in [1.54, 1.807) is 0 Å². The fourth-order valence-corrected chi connectivity index (χ4v) is 1.30. The van der Waals surface area contributed by atoms with Crippen LogP contribution >= 0.6 is 11.6 Å². The minimum Gasteiger partial charge on any atom is -0.301 e. The van der Waals surface area contributed by atoms with E-state index >= 15 is 0 Å². The Morgan fingerprint density at radius 2 is 1.91 bits per heavy atom. The molecule has 0 heterocycles. The smallest absolute Gasteiger partial charge is 0.0235 e. The third-order valence-corrected chi connectivity index (χ3v) is 2.09. The molecule has 0 atom stereocenters. The van der Waals surface area contributed by atoms with Gasteiger partial charge < -0.3 is 4.90 Å². The van der Waals surface area contributed by atoms with Crippen molar-refractivity contribution in [3.05, 3.63) is 0 Å². The molecule has 0 bridgehead atoms. The fourth-order valence-electron chi connectivity index (χ4n) is 1.18. The molecule has 0 N–H and O–H groups in total. The van der Waals surface area contributed by atoms with Gasteiger partial charge in [0.15, 0.2) is 0 Å². The monoisotopic (exact) mass is 177 g/mol. The molecule has 0 aliphatic carbocycles. The Morgan fingerprint density at radius 3 is 2.27 bits per heavy atom. The number of rotatable bonds is 6. The molecule has 2 heteroatoms. The molecule has 0 aromatic heterocycles. The van der Waals surface area contributed by atoms with Crippen LogP contribution in [0.3, 0.4) is 0 Å². The van der Waals surface area contributed by atoms with Gasteiger partial charge in [0, 0.05) is 11.9 Å². The van der Waals surface area contributed by atoms with Gasteiger partial charge in [-0.05, 0) is 39.8 Å². The van der Waals surface area contributed by atoms with Crippen LogP contribution in [0.25, 0.3) is 0 Å². The Hall–Kier alpha value is 0.250. The molecular formula is C9H20ClN. The van der Waals surface area contributed by atoms with Crippen LogP contribution in [-0.4, -0.2) is 29.9 Å². The summed E-state index contributed by atoms with van der Waals surface area (Å²) in [6.07, 6.45) is 2.35. The number of nitrogens with zero attached hydrogens (tertiary/aromatic N) is 1. The zero-order valence-electron chi connectivity index (χ0n) is 7.94. The molecule has 0 amide bonds. The van der Waals surface area contributed by atoms with Gasteiger partial charge in [-0.2, -0.15) is 0 Å². The minimum atomic E-state index is 0.665. The molecule has 0 spiro atoms. The average Bonchev–Trinajstić information content (AvgIpc) is 1.97. The lowest BCUT2D eigenvalue weighted by Gasteiger charge is -2.25. The molecule has 0 saturated carbocycles. The van der Waals surface area contributed by atoms with Gasteiger partial charge in [-0.25, -0.2) is 0 Å². The first-order chi connectivity index (χ1) is 5.22. The van der Waals surface area contributed by atoms with Gasteiger partial charge in [0.1, 0.15) is 0 Å². The van der Waals surface area contributed by atoms with Crippen molar-refractivity contribution in [3.8, 4) is 0 Å². The van der Waals surface area contributed by atoms with E-state index < -0.39 is 0 Å². The topological polar surface area (TPSA) is 3.24 Å². The second kappa shape index (κ2) is 6.93. The fraction of sp³-hybridized carbons (Fsp3) is 1.00. The van der Waals surface area contributed by atoms with E-state index in [4.69, 9.17) is 11.6 Å². The second-order valence-corrected chi connectivity index (χ2v) is 3.55. The zero-order chi connectivity index (χ0) is 8.69. The summed E-state index contributed by atoms with van der Waals surface area (Å²) in [4.78, 5) is 2.47. The molecule has 0 rings (SSSR count). The van der Waals surface area contributed by atoms with Crippen molar-refractivity contribution in [2.75, 3.05) is 19.0 Å². The molecule has 0 aliphatic rings. The second-order valence-electron chi connectivity index (χ2n) is 3.17. The maximum Gasteiger partial charge on any atom is 0.0235 e. The molecular weight excluding hydrogens is 158 g/mol. The van der Waals surface area contributed by atoms with Crippen LogP contribution in [0.15, 0.2) is 0 Å². The van der Waals surface area contributed by atoms with Crippen LogP contribution in [0, 0.1) is 0 Å². The molecule has 0 aromatic carbocycles. The van der Waals surface area contributed by atoms with Crippen LogP contribution in [0.5, 0.6) is 0 Å². The van der Waals surface area contributed by atoms with Gasteiger partial charge in [0.25, 0.3) is 0 Å². The van der Waals surface area contributed by atoms with Crippen molar-refractivity contribution >= 4 is 11.6 Å². The maximum atomic E-state index is 5.62. The summed E-state index contributed by atoms with van der Waals surface area (Å²) in [6.45, 7) is 9.05. The highest BCUT2D eigenvalue weighted by Crippen LogP contribution is 2.01. The van der Waals surface area contributed by atoms with Crippen molar-refractivity contribution in [2.45, 2.75) is 39.7 Å². The first-order valence-electron chi connectivity index (χ1n) is 4.52. The predicted molar refractivity (Wildman–Crippen MR) is 52.3 cm³/mol. The number of hydrogen-bond donors (Lipinski definition) is 0. The first kappa shape index (κ1) is 11.2. The van der Waals surface area contributed by atoms with E-state index in [9.17, 15) is 0 Å². The summed E-state index contributed by atoms with van der Waals surface area (Å²) in [7, 11) is 0. The summed E-state index contributed by atoms with van der Waals surface area (Å²) in [5.74, 6) is 0.785. The Kier molecular flexibility index (Phi) is 7.09. The zero-order valence-corrected chi connectivity index (χ0v) is 8.69. The molecule has 11 heavy (non-hydrogen) atoms. The normalized spacial score (nSPS) is 11.5. The highest BCUT2D eigenvalue weighted by Gasteiger charge is 2.06. The molecule has 0 fully saturated rings. The SMILES string of the molecule is CCCN(CCCCl)C(C)C. The van der Waals surface area contributed by atoms with E-state index in [-0.39, 0.29) is 0 Å². The molecule has 0 aromatic rings. The standard InChI is InChI=1S/C9H20ClN/c1-4-7-11(9(2)3)8-5-6-10/h9H,4-8H2,1-3H3. The van der Waals surface area contributed by atoms with E-state index in [2.05, 4.69) is 25.7 Å². The summed E-state index contributed by atoms with van der Waals surface area (Å²) in [5, 5.41) is 0. The van der Waals surface area contributed by atoms with Crippen LogP contribution in [0.1, 0.15) is 33.6 Å². The van der Waals surface area contributed by atoms with Gasteiger partial charge >= 0.3 is 0 Å². The summed E-state index contributed by atoms with van der Waals surface area (Å²) in [5.41, 5.74) is 0.